The largest absolute Gasteiger partial charge is 0.463 e. The first-order valence-electron chi connectivity index (χ1n) is 10.9. The van der Waals surface area contributed by atoms with E-state index < -0.39 is 62.9 Å². The van der Waals surface area contributed by atoms with Gasteiger partial charge in [0.15, 0.2) is 0 Å². The van der Waals surface area contributed by atoms with Gasteiger partial charge in [-0.25, -0.2) is 19.2 Å². The molecule has 1 N–H and O–H groups in total. The third-order valence-electron chi connectivity index (χ3n) is 4.76. The molecule has 0 atom stereocenters. The van der Waals surface area contributed by atoms with E-state index in [1.807, 2.05) is 0 Å². The highest BCUT2D eigenvalue weighted by Gasteiger charge is 2.46. The van der Waals surface area contributed by atoms with Gasteiger partial charge in [-0.2, -0.15) is 0 Å². The Morgan fingerprint density at radius 2 is 1.17 bits per heavy atom. The number of para-hydroxylation sites is 1. The summed E-state index contributed by atoms with van der Waals surface area (Å²) in [5.74, 6) is -5.76. The van der Waals surface area contributed by atoms with Crippen LogP contribution >= 0.6 is 0 Å². The zero-order valence-corrected chi connectivity index (χ0v) is 19.7. The van der Waals surface area contributed by atoms with Crippen molar-refractivity contribution in [2.75, 3.05) is 26.4 Å². The van der Waals surface area contributed by atoms with Gasteiger partial charge in [-0.15, -0.1) is 0 Å². The summed E-state index contributed by atoms with van der Waals surface area (Å²) >= 11 is 0. The van der Waals surface area contributed by atoms with Crippen molar-refractivity contribution in [3.63, 3.8) is 0 Å². The molecule has 0 saturated carbocycles. The Kier molecular flexibility index (Phi) is 9.50. The monoisotopic (exact) mass is 490 g/mol. The molecule has 1 aromatic carbocycles. The van der Waals surface area contributed by atoms with E-state index in [0.717, 1.165) is 6.07 Å². The number of carbonyl (C=O) groups is 4. The maximum atomic E-state index is 13.1. The molecular formula is C23H26N2O10. The summed E-state index contributed by atoms with van der Waals surface area (Å²) in [4.78, 5) is 63.1. The summed E-state index contributed by atoms with van der Waals surface area (Å²) in [6, 6.07) is 5.31. The van der Waals surface area contributed by atoms with Crippen LogP contribution in [-0.2, 0) is 38.1 Å². The van der Waals surface area contributed by atoms with E-state index in [4.69, 9.17) is 18.9 Å². The van der Waals surface area contributed by atoms with Crippen LogP contribution in [0.4, 0.5) is 5.69 Å². The van der Waals surface area contributed by atoms with Crippen molar-refractivity contribution in [3.8, 4) is 0 Å². The number of dihydropyridines is 1. The number of hydrogen-bond donors (Lipinski definition) is 1. The number of benzene rings is 1. The van der Waals surface area contributed by atoms with Gasteiger partial charge in [0.2, 0.25) is 0 Å². The van der Waals surface area contributed by atoms with Gasteiger partial charge in [-0.1, -0.05) is 18.2 Å². The Hall–Kier alpha value is -4.22. The van der Waals surface area contributed by atoms with E-state index in [1.54, 1.807) is 0 Å². The Bertz CT molecular complexity index is 1030. The number of nitrogens with zero attached hydrogens (tertiary/aromatic N) is 1. The first-order chi connectivity index (χ1) is 16.7. The molecule has 1 heterocycles. The maximum absolute atomic E-state index is 13.1. The van der Waals surface area contributed by atoms with Crippen molar-refractivity contribution in [2.45, 2.75) is 33.6 Å². The number of hydrogen-bond acceptors (Lipinski definition) is 11. The standard InChI is InChI=1S/C23H26N2O10/c1-5-32-20(26)16-15(13-11-9-10-12-14(13)25(30)31)17(21(27)33-6-2)19(23(29)35-8-4)24-18(16)22(28)34-7-3/h9-12,15,24H,5-8H2,1-4H3. The zero-order valence-electron chi connectivity index (χ0n) is 19.7. The second-order valence-corrected chi connectivity index (χ2v) is 6.83. The molecule has 0 saturated heterocycles. The maximum Gasteiger partial charge on any atom is 0.355 e. The minimum atomic E-state index is -1.59. The summed E-state index contributed by atoms with van der Waals surface area (Å²) in [6.07, 6.45) is 0. The van der Waals surface area contributed by atoms with Crippen LogP contribution in [0.1, 0.15) is 39.2 Å². The van der Waals surface area contributed by atoms with Gasteiger partial charge in [0.05, 0.1) is 48.4 Å². The molecule has 2 rings (SSSR count). The van der Waals surface area contributed by atoms with E-state index in [-0.39, 0.29) is 32.0 Å². The second kappa shape index (κ2) is 12.3. The Morgan fingerprint density at radius 1 is 0.771 bits per heavy atom. The van der Waals surface area contributed by atoms with Crippen molar-refractivity contribution in [1.29, 1.82) is 0 Å². The highest BCUT2D eigenvalue weighted by molar-refractivity contribution is 6.10. The summed E-state index contributed by atoms with van der Waals surface area (Å²) in [5.41, 5.74) is -2.52. The minimum Gasteiger partial charge on any atom is -0.463 e. The number of esters is 4. The average Bonchev–Trinajstić information content (AvgIpc) is 2.83. The van der Waals surface area contributed by atoms with Crippen LogP contribution in [0, 0.1) is 10.1 Å². The fourth-order valence-corrected chi connectivity index (χ4v) is 3.49. The first-order valence-corrected chi connectivity index (χ1v) is 10.9. The van der Waals surface area contributed by atoms with Crippen LogP contribution in [0.2, 0.25) is 0 Å². The van der Waals surface area contributed by atoms with E-state index in [0.29, 0.717) is 0 Å². The predicted molar refractivity (Wildman–Crippen MR) is 120 cm³/mol. The number of nitro benzene ring substituents is 1. The summed E-state index contributed by atoms with van der Waals surface area (Å²) in [7, 11) is 0. The quantitative estimate of drug-likeness (QED) is 0.221. The fraction of sp³-hybridized carbons (Fsp3) is 0.391. The van der Waals surface area contributed by atoms with Gasteiger partial charge in [0, 0.05) is 11.6 Å². The Morgan fingerprint density at radius 3 is 1.57 bits per heavy atom. The smallest absolute Gasteiger partial charge is 0.355 e. The van der Waals surface area contributed by atoms with Gasteiger partial charge in [0.1, 0.15) is 11.4 Å². The number of rotatable bonds is 10. The van der Waals surface area contributed by atoms with Crippen molar-refractivity contribution in [3.05, 3.63) is 62.5 Å². The van der Waals surface area contributed by atoms with E-state index in [2.05, 4.69) is 5.32 Å². The van der Waals surface area contributed by atoms with E-state index in [9.17, 15) is 29.3 Å². The lowest BCUT2D eigenvalue weighted by Gasteiger charge is -2.30. The molecule has 188 valence electrons. The summed E-state index contributed by atoms with van der Waals surface area (Å²) in [5, 5.41) is 14.3. The van der Waals surface area contributed by atoms with Gasteiger partial charge < -0.3 is 24.3 Å². The van der Waals surface area contributed by atoms with Crippen molar-refractivity contribution < 1.29 is 43.0 Å². The predicted octanol–water partition coefficient (Wildman–Crippen LogP) is 2.04. The zero-order chi connectivity index (χ0) is 26.1. The average molecular weight is 490 g/mol. The fourth-order valence-electron chi connectivity index (χ4n) is 3.49. The number of nitrogens with one attached hydrogen (secondary N) is 1. The second-order valence-electron chi connectivity index (χ2n) is 6.83. The van der Waals surface area contributed by atoms with Gasteiger partial charge >= 0.3 is 23.9 Å². The van der Waals surface area contributed by atoms with Crippen LogP contribution in [0.25, 0.3) is 0 Å². The first kappa shape index (κ1) is 27.0. The molecule has 12 heteroatoms. The number of nitro groups is 1. The lowest BCUT2D eigenvalue weighted by Crippen LogP contribution is -2.40. The normalized spacial score (nSPS) is 13.6. The molecule has 0 radical (unpaired) electrons. The van der Waals surface area contributed by atoms with Crippen LogP contribution in [-0.4, -0.2) is 55.2 Å². The number of carbonyl (C=O) groups excluding carboxylic acids is 4. The molecule has 0 bridgehead atoms. The number of ether oxygens (including phenoxy) is 4. The van der Waals surface area contributed by atoms with Gasteiger partial charge in [-0.05, 0) is 27.7 Å². The van der Waals surface area contributed by atoms with E-state index in [1.165, 1.54) is 45.9 Å². The summed E-state index contributed by atoms with van der Waals surface area (Å²) in [6.45, 7) is 5.71. The Labute approximate surface area is 201 Å². The van der Waals surface area contributed by atoms with Gasteiger partial charge in [0.25, 0.3) is 5.69 Å². The van der Waals surface area contributed by atoms with Crippen molar-refractivity contribution >= 4 is 29.6 Å². The van der Waals surface area contributed by atoms with Crippen LogP contribution in [0.5, 0.6) is 0 Å². The SMILES string of the molecule is CCOC(=O)C1=C(C(=O)OCC)C(c2ccccc2[N+](=O)[O-])C(C(=O)OCC)=C(C(=O)OCC)N1. The van der Waals surface area contributed by atoms with Crippen LogP contribution in [0.3, 0.4) is 0 Å². The molecule has 0 fully saturated rings. The van der Waals surface area contributed by atoms with E-state index >= 15 is 0 Å². The highest BCUT2D eigenvalue weighted by Crippen LogP contribution is 2.43. The van der Waals surface area contributed by atoms with Crippen molar-refractivity contribution in [2.24, 2.45) is 0 Å². The summed E-state index contributed by atoms with van der Waals surface area (Å²) < 4.78 is 20.3. The molecule has 0 aliphatic carbocycles. The molecule has 0 amide bonds. The molecule has 1 aliphatic heterocycles. The molecule has 0 spiro atoms. The van der Waals surface area contributed by atoms with Gasteiger partial charge in [-0.3, -0.25) is 10.1 Å². The molecular weight excluding hydrogens is 464 g/mol. The third-order valence-corrected chi connectivity index (χ3v) is 4.76. The lowest BCUT2D eigenvalue weighted by molar-refractivity contribution is -0.385. The lowest BCUT2D eigenvalue weighted by atomic mass is 9.79. The third kappa shape index (κ3) is 5.83. The molecule has 1 aromatic rings. The van der Waals surface area contributed by atoms with Crippen LogP contribution in [0.15, 0.2) is 46.8 Å². The Balaban J connectivity index is 3.02. The molecule has 0 unspecified atom stereocenters. The highest BCUT2D eigenvalue weighted by atomic mass is 16.6. The van der Waals surface area contributed by atoms with Crippen LogP contribution < -0.4 is 5.32 Å². The topological polar surface area (TPSA) is 160 Å². The molecule has 12 nitrogen and oxygen atoms in total. The molecule has 0 aromatic heterocycles. The minimum absolute atomic E-state index is 0.0839. The molecule has 35 heavy (non-hydrogen) atoms. The van der Waals surface area contributed by atoms with Crippen molar-refractivity contribution in [1.82, 2.24) is 5.32 Å². The molecule has 1 aliphatic rings.